The molecule has 0 aromatic heterocycles. The molecule has 0 bridgehead atoms. The number of benzene rings is 1. The van der Waals surface area contributed by atoms with Gasteiger partial charge in [-0.2, -0.15) is 0 Å². The maximum Gasteiger partial charge on any atom is 0.161 e. The van der Waals surface area contributed by atoms with Crippen molar-refractivity contribution in [3.8, 4) is 11.5 Å². The van der Waals surface area contributed by atoms with E-state index in [9.17, 15) is 4.79 Å². The number of hydrogen-bond acceptors (Lipinski definition) is 4. The summed E-state index contributed by atoms with van der Waals surface area (Å²) in [4.78, 5) is 10.6. The van der Waals surface area contributed by atoms with E-state index in [1.807, 2.05) is 6.92 Å². The van der Waals surface area contributed by atoms with Crippen molar-refractivity contribution in [1.82, 2.24) is 0 Å². The minimum atomic E-state index is -0.254. The Labute approximate surface area is 94.8 Å². The Morgan fingerprint density at radius 1 is 1.44 bits per heavy atom. The highest BCUT2D eigenvalue weighted by atomic mass is 16.5. The van der Waals surface area contributed by atoms with Crippen molar-refractivity contribution in [1.29, 1.82) is 0 Å². The number of aliphatic hydroxyl groups excluding tert-OH is 1. The second kappa shape index (κ2) is 6.12. The second-order valence-corrected chi connectivity index (χ2v) is 3.36. The molecule has 88 valence electrons. The lowest BCUT2D eigenvalue weighted by Crippen LogP contribution is -2.20. The van der Waals surface area contributed by atoms with E-state index in [1.54, 1.807) is 18.2 Å². The zero-order valence-corrected chi connectivity index (χ0v) is 9.47. The van der Waals surface area contributed by atoms with Crippen molar-refractivity contribution in [2.45, 2.75) is 19.4 Å². The molecule has 1 unspecified atom stereocenters. The van der Waals surface area contributed by atoms with Gasteiger partial charge in [-0.1, -0.05) is 6.92 Å². The minimum absolute atomic E-state index is 0.0465. The molecule has 0 amide bonds. The van der Waals surface area contributed by atoms with Gasteiger partial charge in [-0.05, 0) is 24.6 Å². The molecule has 1 atom stereocenters. The molecule has 16 heavy (non-hydrogen) atoms. The zero-order chi connectivity index (χ0) is 12.0. The first-order valence-corrected chi connectivity index (χ1v) is 5.15. The summed E-state index contributed by atoms with van der Waals surface area (Å²) in [6, 6.07) is 4.92. The fraction of sp³-hybridized carbons (Fsp3) is 0.417. The Hall–Kier alpha value is -1.55. The quantitative estimate of drug-likeness (QED) is 0.746. The van der Waals surface area contributed by atoms with Crippen LogP contribution in [0.25, 0.3) is 0 Å². The van der Waals surface area contributed by atoms with Gasteiger partial charge in [0.1, 0.15) is 12.4 Å². The average molecular weight is 224 g/mol. The summed E-state index contributed by atoms with van der Waals surface area (Å²) in [5.74, 6) is 1.03. The fourth-order valence-corrected chi connectivity index (χ4v) is 1.28. The van der Waals surface area contributed by atoms with E-state index >= 15 is 0 Å². The molecule has 0 saturated carbocycles. The number of methoxy groups -OCH3 is 1. The lowest BCUT2D eigenvalue weighted by Gasteiger charge is -2.17. The summed E-state index contributed by atoms with van der Waals surface area (Å²) in [5, 5.41) is 9.03. The molecule has 0 heterocycles. The third-order valence-electron chi connectivity index (χ3n) is 2.28. The molecule has 1 aromatic carbocycles. The molecule has 0 aliphatic rings. The van der Waals surface area contributed by atoms with Gasteiger partial charge in [0, 0.05) is 5.56 Å². The summed E-state index contributed by atoms with van der Waals surface area (Å²) in [7, 11) is 1.51. The first kappa shape index (κ1) is 12.5. The van der Waals surface area contributed by atoms with E-state index in [-0.39, 0.29) is 12.7 Å². The highest BCUT2D eigenvalue weighted by Gasteiger charge is 2.11. The van der Waals surface area contributed by atoms with Crippen molar-refractivity contribution in [3.63, 3.8) is 0 Å². The van der Waals surface area contributed by atoms with Crippen LogP contribution in [0.5, 0.6) is 11.5 Å². The summed E-state index contributed by atoms with van der Waals surface area (Å²) in [5.41, 5.74) is 0.529. The molecule has 0 saturated heterocycles. The third-order valence-corrected chi connectivity index (χ3v) is 2.28. The maximum atomic E-state index is 10.6. The number of aliphatic hydroxyl groups is 1. The van der Waals surface area contributed by atoms with Gasteiger partial charge in [0.25, 0.3) is 0 Å². The molecule has 0 spiro atoms. The van der Waals surface area contributed by atoms with Crippen LogP contribution in [0.2, 0.25) is 0 Å². The van der Waals surface area contributed by atoms with Gasteiger partial charge >= 0.3 is 0 Å². The van der Waals surface area contributed by atoms with E-state index in [4.69, 9.17) is 14.6 Å². The molecule has 0 radical (unpaired) electrons. The smallest absolute Gasteiger partial charge is 0.161 e. The molecule has 0 fully saturated rings. The Morgan fingerprint density at radius 3 is 2.69 bits per heavy atom. The summed E-state index contributed by atoms with van der Waals surface area (Å²) < 4.78 is 10.7. The Bertz CT molecular complexity index is 345. The van der Waals surface area contributed by atoms with Crippen LogP contribution in [0.4, 0.5) is 0 Å². The van der Waals surface area contributed by atoms with Crippen molar-refractivity contribution in [2.75, 3.05) is 13.7 Å². The molecule has 1 rings (SSSR count). The number of carbonyl (C=O) groups is 1. The van der Waals surface area contributed by atoms with E-state index in [2.05, 4.69) is 0 Å². The average Bonchev–Trinajstić information content (AvgIpc) is 2.35. The highest BCUT2D eigenvalue weighted by molar-refractivity contribution is 5.76. The zero-order valence-electron chi connectivity index (χ0n) is 9.47. The maximum absolute atomic E-state index is 10.6. The van der Waals surface area contributed by atoms with Crippen LogP contribution in [0.1, 0.15) is 23.7 Å². The van der Waals surface area contributed by atoms with Gasteiger partial charge < -0.3 is 14.6 Å². The van der Waals surface area contributed by atoms with Crippen LogP contribution in [0.3, 0.4) is 0 Å². The first-order chi connectivity index (χ1) is 7.74. The SMILES string of the molecule is CCC(CO)Oc1ccc(C=O)cc1OC. The van der Waals surface area contributed by atoms with Crippen LogP contribution in [0, 0.1) is 0 Å². The largest absolute Gasteiger partial charge is 0.493 e. The molecule has 0 aliphatic heterocycles. The molecule has 1 N–H and O–H groups in total. The van der Waals surface area contributed by atoms with E-state index < -0.39 is 0 Å². The Balaban J connectivity index is 2.90. The molecule has 1 aromatic rings. The lowest BCUT2D eigenvalue weighted by molar-refractivity contribution is 0.109. The second-order valence-electron chi connectivity index (χ2n) is 3.36. The molecular formula is C12H16O4. The van der Waals surface area contributed by atoms with E-state index in [1.165, 1.54) is 7.11 Å². The highest BCUT2D eigenvalue weighted by Crippen LogP contribution is 2.28. The van der Waals surface area contributed by atoms with Crippen molar-refractivity contribution in [2.24, 2.45) is 0 Å². The van der Waals surface area contributed by atoms with Crippen molar-refractivity contribution in [3.05, 3.63) is 23.8 Å². The predicted octanol–water partition coefficient (Wildman–Crippen LogP) is 1.66. The van der Waals surface area contributed by atoms with Gasteiger partial charge in [0.05, 0.1) is 13.7 Å². The topological polar surface area (TPSA) is 55.8 Å². The van der Waals surface area contributed by atoms with Crippen LogP contribution in [0.15, 0.2) is 18.2 Å². The number of ether oxygens (including phenoxy) is 2. The normalized spacial score (nSPS) is 11.9. The number of carbonyl (C=O) groups excluding carboxylic acids is 1. The lowest BCUT2D eigenvalue weighted by atomic mass is 10.2. The molecule has 4 heteroatoms. The monoisotopic (exact) mass is 224 g/mol. The van der Waals surface area contributed by atoms with Crippen molar-refractivity contribution >= 4 is 6.29 Å². The van der Waals surface area contributed by atoms with Crippen molar-refractivity contribution < 1.29 is 19.4 Å². The summed E-state index contributed by atoms with van der Waals surface area (Å²) in [6.45, 7) is 1.88. The minimum Gasteiger partial charge on any atom is -0.493 e. The third kappa shape index (κ3) is 2.97. The summed E-state index contributed by atoms with van der Waals surface area (Å²) in [6.07, 6.45) is 1.20. The number of hydrogen-bond donors (Lipinski definition) is 1. The summed E-state index contributed by atoms with van der Waals surface area (Å²) >= 11 is 0. The standard InChI is InChI=1S/C12H16O4/c1-3-10(8-14)16-11-5-4-9(7-13)6-12(11)15-2/h4-7,10,14H,3,8H2,1-2H3. The van der Waals surface area contributed by atoms with Gasteiger partial charge in [0.2, 0.25) is 0 Å². The predicted molar refractivity (Wildman–Crippen MR) is 60.2 cm³/mol. The van der Waals surface area contributed by atoms with Gasteiger partial charge in [-0.15, -0.1) is 0 Å². The number of rotatable bonds is 6. The van der Waals surface area contributed by atoms with Crippen LogP contribution in [-0.4, -0.2) is 31.2 Å². The number of aldehydes is 1. The molecule has 4 nitrogen and oxygen atoms in total. The van der Waals surface area contributed by atoms with E-state index in [0.717, 1.165) is 6.29 Å². The van der Waals surface area contributed by atoms with Crippen LogP contribution in [-0.2, 0) is 0 Å². The van der Waals surface area contributed by atoms with E-state index in [0.29, 0.717) is 23.5 Å². The van der Waals surface area contributed by atoms with Gasteiger partial charge in [-0.3, -0.25) is 4.79 Å². The Morgan fingerprint density at radius 2 is 2.19 bits per heavy atom. The van der Waals surface area contributed by atoms with Gasteiger partial charge in [0.15, 0.2) is 11.5 Å². The van der Waals surface area contributed by atoms with Gasteiger partial charge in [-0.25, -0.2) is 0 Å². The first-order valence-electron chi connectivity index (χ1n) is 5.15. The molecular weight excluding hydrogens is 208 g/mol. The van der Waals surface area contributed by atoms with Crippen LogP contribution >= 0.6 is 0 Å². The fourth-order valence-electron chi connectivity index (χ4n) is 1.28. The molecule has 0 aliphatic carbocycles. The Kier molecular flexibility index (Phi) is 4.79. The van der Waals surface area contributed by atoms with Crippen LogP contribution < -0.4 is 9.47 Å².